The monoisotopic (exact) mass is 372 g/mol. The van der Waals surface area contributed by atoms with Gasteiger partial charge in [0.2, 0.25) is 11.8 Å². The first-order valence-corrected chi connectivity index (χ1v) is 10.4. The molecule has 0 unspecified atom stereocenters. The number of hydrogen-bond acceptors (Lipinski definition) is 2. The third kappa shape index (κ3) is 3.48. The largest absolute Gasteiger partial charge is 0.342 e. The van der Waals surface area contributed by atoms with Crippen LogP contribution < -0.4 is 0 Å². The zero-order valence-electron chi connectivity index (χ0n) is 16.0. The van der Waals surface area contributed by atoms with E-state index < -0.39 is 5.41 Å². The van der Waals surface area contributed by atoms with Crippen molar-refractivity contribution in [2.45, 2.75) is 56.8 Å². The third-order valence-corrected chi connectivity index (χ3v) is 6.81. The van der Waals surface area contributed by atoms with Crippen LogP contribution in [0.3, 0.4) is 0 Å². The molecule has 0 spiro atoms. The van der Waals surface area contributed by atoms with Crippen LogP contribution in [0.15, 0.2) is 24.3 Å². The van der Waals surface area contributed by atoms with E-state index in [1.165, 1.54) is 12.1 Å². The maximum atomic E-state index is 13.5. The lowest BCUT2D eigenvalue weighted by Crippen LogP contribution is -2.50. The molecule has 0 radical (unpaired) electrons. The van der Waals surface area contributed by atoms with E-state index in [0.717, 1.165) is 70.0 Å². The van der Waals surface area contributed by atoms with Crippen LogP contribution in [0, 0.1) is 11.7 Å². The molecule has 1 aliphatic carbocycles. The van der Waals surface area contributed by atoms with Crippen LogP contribution in [0.4, 0.5) is 4.39 Å². The van der Waals surface area contributed by atoms with E-state index in [1.807, 2.05) is 9.80 Å². The molecule has 0 aromatic heterocycles. The molecule has 3 aliphatic rings. The van der Waals surface area contributed by atoms with Gasteiger partial charge in [0.25, 0.3) is 0 Å². The van der Waals surface area contributed by atoms with Gasteiger partial charge in [-0.2, -0.15) is 0 Å². The van der Waals surface area contributed by atoms with Crippen molar-refractivity contribution < 1.29 is 14.0 Å². The van der Waals surface area contributed by atoms with Gasteiger partial charge in [-0.15, -0.1) is 0 Å². The van der Waals surface area contributed by atoms with E-state index in [2.05, 4.69) is 0 Å². The van der Waals surface area contributed by atoms with Gasteiger partial charge in [-0.3, -0.25) is 9.59 Å². The van der Waals surface area contributed by atoms with Crippen molar-refractivity contribution >= 4 is 11.8 Å². The van der Waals surface area contributed by atoms with Crippen LogP contribution in [0.2, 0.25) is 0 Å². The fourth-order valence-corrected chi connectivity index (χ4v) is 5.20. The Hall–Kier alpha value is -1.91. The van der Waals surface area contributed by atoms with Crippen molar-refractivity contribution in [3.63, 3.8) is 0 Å². The van der Waals surface area contributed by atoms with Gasteiger partial charge in [-0.1, -0.05) is 25.0 Å². The van der Waals surface area contributed by atoms with Gasteiger partial charge >= 0.3 is 0 Å². The summed E-state index contributed by atoms with van der Waals surface area (Å²) in [6.07, 6.45) is 7.50. The van der Waals surface area contributed by atoms with Crippen LogP contribution >= 0.6 is 0 Å². The number of carbonyl (C=O) groups excluding carboxylic acids is 2. The molecule has 27 heavy (non-hydrogen) atoms. The molecule has 1 saturated carbocycles. The third-order valence-electron chi connectivity index (χ3n) is 6.81. The van der Waals surface area contributed by atoms with E-state index in [4.69, 9.17) is 0 Å². The summed E-state index contributed by atoms with van der Waals surface area (Å²) in [6, 6.07) is 6.48. The summed E-state index contributed by atoms with van der Waals surface area (Å²) in [5.74, 6) is 0.269. The van der Waals surface area contributed by atoms with Crippen molar-refractivity contribution in [2.24, 2.45) is 5.92 Å². The zero-order chi connectivity index (χ0) is 18.9. The second-order valence-corrected chi connectivity index (χ2v) is 8.39. The molecule has 0 N–H and O–H groups in total. The van der Waals surface area contributed by atoms with Crippen LogP contribution in [0.1, 0.15) is 56.9 Å². The number of likely N-dealkylation sites (tertiary alicyclic amines) is 2. The van der Waals surface area contributed by atoms with Gasteiger partial charge in [0.15, 0.2) is 0 Å². The number of nitrogens with zero attached hydrogens (tertiary/aromatic N) is 2. The van der Waals surface area contributed by atoms with E-state index in [0.29, 0.717) is 13.1 Å². The summed E-state index contributed by atoms with van der Waals surface area (Å²) < 4.78 is 13.4. The second-order valence-electron chi connectivity index (χ2n) is 8.39. The van der Waals surface area contributed by atoms with E-state index in [1.54, 1.807) is 12.1 Å². The zero-order valence-corrected chi connectivity index (χ0v) is 16.0. The van der Waals surface area contributed by atoms with Gasteiger partial charge in [0.05, 0.1) is 5.41 Å². The predicted molar refractivity (Wildman–Crippen MR) is 102 cm³/mol. The summed E-state index contributed by atoms with van der Waals surface area (Å²) in [7, 11) is 0. The highest BCUT2D eigenvalue weighted by molar-refractivity contribution is 5.89. The Morgan fingerprint density at radius 3 is 2.04 bits per heavy atom. The van der Waals surface area contributed by atoms with Gasteiger partial charge in [-0.05, 0) is 56.2 Å². The molecule has 2 heterocycles. The predicted octanol–water partition coefficient (Wildman–Crippen LogP) is 3.50. The standard InChI is InChI=1S/C22H29FN2O2/c23-19-7-5-18(6-8-19)22(11-1-2-12-22)21(27)25-15-9-17(10-16-25)20(26)24-13-3-4-14-24/h5-8,17H,1-4,9-16H2. The first-order valence-electron chi connectivity index (χ1n) is 10.4. The molecule has 2 aliphatic heterocycles. The molecule has 1 aromatic carbocycles. The van der Waals surface area contributed by atoms with E-state index in [-0.39, 0.29) is 23.5 Å². The van der Waals surface area contributed by atoms with Crippen molar-refractivity contribution in [1.29, 1.82) is 0 Å². The number of piperidine rings is 1. The summed E-state index contributed by atoms with van der Waals surface area (Å²) in [6.45, 7) is 3.11. The molecule has 1 aromatic rings. The van der Waals surface area contributed by atoms with Crippen LogP contribution in [-0.4, -0.2) is 47.8 Å². The van der Waals surface area contributed by atoms with Crippen LogP contribution in [0.25, 0.3) is 0 Å². The summed E-state index contributed by atoms with van der Waals surface area (Å²) >= 11 is 0. The average Bonchev–Trinajstić information content (AvgIpc) is 3.40. The lowest BCUT2D eigenvalue weighted by atomic mass is 9.77. The normalized spacial score (nSPS) is 23.0. The number of hydrogen-bond donors (Lipinski definition) is 0. The van der Waals surface area contributed by atoms with Gasteiger partial charge < -0.3 is 9.80 Å². The maximum Gasteiger partial charge on any atom is 0.233 e. The lowest BCUT2D eigenvalue weighted by molar-refractivity contribution is -0.143. The molecule has 146 valence electrons. The number of benzene rings is 1. The molecule has 2 amide bonds. The summed E-state index contributed by atoms with van der Waals surface area (Å²) in [4.78, 5) is 30.1. The van der Waals surface area contributed by atoms with Gasteiger partial charge in [-0.25, -0.2) is 4.39 Å². The Labute approximate surface area is 160 Å². The number of carbonyl (C=O) groups is 2. The van der Waals surface area contributed by atoms with Gasteiger partial charge in [0, 0.05) is 32.1 Å². The Morgan fingerprint density at radius 2 is 1.44 bits per heavy atom. The quantitative estimate of drug-likeness (QED) is 0.815. The molecule has 4 nitrogen and oxygen atoms in total. The van der Waals surface area contributed by atoms with E-state index in [9.17, 15) is 14.0 Å². The first kappa shape index (κ1) is 18.5. The molecule has 2 saturated heterocycles. The fourth-order valence-electron chi connectivity index (χ4n) is 5.20. The molecule has 0 bridgehead atoms. The maximum absolute atomic E-state index is 13.5. The summed E-state index contributed by atoms with van der Waals surface area (Å²) in [5, 5.41) is 0. The first-order chi connectivity index (χ1) is 13.1. The lowest BCUT2D eigenvalue weighted by Gasteiger charge is -2.39. The van der Waals surface area contributed by atoms with Crippen LogP contribution in [0.5, 0.6) is 0 Å². The van der Waals surface area contributed by atoms with Crippen molar-refractivity contribution in [3.05, 3.63) is 35.6 Å². The molecular formula is C22H29FN2O2. The fraction of sp³-hybridized carbons (Fsp3) is 0.636. The minimum absolute atomic E-state index is 0.0671. The minimum Gasteiger partial charge on any atom is -0.342 e. The Morgan fingerprint density at radius 1 is 0.852 bits per heavy atom. The molecule has 3 fully saturated rings. The average molecular weight is 372 g/mol. The molecule has 0 atom stereocenters. The minimum atomic E-state index is -0.500. The Balaban J connectivity index is 1.44. The highest BCUT2D eigenvalue weighted by Gasteiger charge is 2.45. The SMILES string of the molecule is O=C(C1CCN(C(=O)C2(c3ccc(F)cc3)CCCC2)CC1)N1CCCC1. The smallest absolute Gasteiger partial charge is 0.233 e. The topological polar surface area (TPSA) is 40.6 Å². The highest BCUT2D eigenvalue weighted by Crippen LogP contribution is 2.43. The van der Waals surface area contributed by atoms with Crippen LogP contribution in [-0.2, 0) is 15.0 Å². The Bertz CT molecular complexity index is 683. The van der Waals surface area contributed by atoms with E-state index >= 15 is 0 Å². The number of rotatable bonds is 3. The van der Waals surface area contributed by atoms with Crippen molar-refractivity contribution in [2.75, 3.05) is 26.2 Å². The number of halogens is 1. The van der Waals surface area contributed by atoms with Crippen molar-refractivity contribution in [1.82, 2.24) is 9.80 Å². The molecule has 4 rings (SSSR count). The van der Waals surface area contributed by atoms with Gasteiger partial charge in [0.1, 0.15) is 5.82 Å². The second kappa shape index (κ2) is 7.61. The summed E-state index contributed by atoms with van der Waals surface area (Å²) in [5.41, 5.74) is 0.445. The highest BCUT2D eigenvalue weighted by atomic mass is 19.1. The molecule has 5 heteroatoms. The Kier molecular flexibility index (Phi) is 5.20. The molecular weight excluding hydrogens is 343 g/mol. The number of amides is 2. The van der Waals surface area contributed by atoms with Crippen molar-refractivity contribution in [3.8, 4) is 0 Å².